The second kappa shape index (κ2) is 8.05. The van der Waals surface area contributed by atoms with Gasteiger partial charge in [0.1, 0.15) is 0 Å². The molecule has 1 aromatic rings. The summed E-state index contributed by atoms with van der Waals surface area (Å²) in [6.07, 6.45) is 9.64. The maximum absolute atomic E-state index is 5.96. The van der Waals surface area contributed by atoms with Gasteiger partial charge < -0.3 is 5.32 Å². The van der Waals surface area contributed by atoms with Crippen LogP contribution >= 0.6 is 11.6 Å². The molecule has 0 heterocycles. The predicted molar refractivity (Wildman–Crippen MR) is 88.3 cm³/mol. The smallest absolute Gasteiger partial charge is 0.0406 e. The van der Waals surface area contributed by atoms with Crippen LogP contribution in [0, 0.1) is 5.92 Å². The summed E-state index contributed by atoms with van der Waals surface area (Å²) in [5.74, 6) is 0.970. The molecule has 0 saturated heterocycles. The van der Waals surface area contributed by atoms with E-state index in [2.05, 4.69) is 31.3 Å². The Morgan fingerprint density at radius 3 is 2.60 bits per heavy atom. The van der Waals surface area contributed by atoms with E-state index >= 15 is 0 Å². The molecule has 0 aliphatic heterocycles. The van der Waals surface area contributed by atoms with Gasteiger partial charge in [0.15, 0.2) is 0 Å². The third kappa shape index (κ3) is 4.79. The van der Waals surface area contributed by atoms with E-state index in [1.807, 2.05) is 12.1 Å². The molecule has 3 atom stereocenters. The standard InChI is InChI=1S/C18H28ClN/c1-3-5-15-6-4-7-18(13-8-15)20-14(2)16-9-11-17(19)12-10-16/h9-12,14-15,18,20H,3-8,13H2,1-2H3/t14-,15?,18?/m0/s1. The fourth-order valence-electron chi connectivity index (χ4n) is 3.44. The number of rotatable bonds is 5. The Labute approximate surface area is 129 Å². The molecule has 112 valence electrons. The van der Waals surface area contributed by atoms with E-state index in [0.717, 1.165) is 10.9 Å². The van der Waals surface area contributed by atoms with Gasteiger partial charge in [-0.05, 0) is 49.8 Å². The summed E-state index contributed by atoms with van der Waals surface area (Å²) >= 11 is 5.96. The first kappa shape index (κ1) is 15.9. The summed E-state index contributed by atoms with van der Waals surface area (Å²) in [7, 11) is 0. The zero-order valence-electron chi connectivity index (χ0n) is 12.9. The molecule has 1 fully saturated rings. The summed E-state index contributed by atoms with van der Waals surface area (Å²) in [5.41, 5.74) is 1.34. The maximum Gasteiger partial charge on any atom is 0.0406 e. The molecule has 1 saturated carbocycles. The summed E-state index contributed by atoms with van der Waals surface area (Å²) in [5, 5.41) is 4.63. The first-order chi connectivity index (χ1) is 9.69. The monoisotopic (exact) mass is 293 g/mol. The van der Waals surface area contributed by atoms with E-state index in [0.29, 0.717) is 12.1 Å². The highest BCUT2D eigenvalue weighted by molar-refractivity contribution is 6.30. The first-order valence-corrected chi connectivity index (χ1v) is 8.58. The highest BCUT2D eigenvalue weighted by Crippen LogP contribution is 2.28. The number of nitrogens with one attached hydrogen (secondary N) is 1. The van der Waals surface area contributed by atoms with Gasteiger partial charge in [-0.3, -0.25) is 0 Å². The van der Waals surface area contributed by atoms with Crippen LogP contribution in [0.3, 0.4) is 0 Å². The molecule has 1 nitrogen and oxygen atoms in total. The fraction of sp³-hybridized carbons (Fsp3) is 0.667. The summed E-state index contributed by atoms with van der Waals surface area (Å²) in [6.45, 7) is 4.57. The lowest BCUT2D eigenvalue weighted by molar-refractivity contribution is 0.393. The average Bonchev–Trinajstić information content (AvgIpc) is 2.66. The Morgan fingerprint density at radius 2 is 1.90 bits per heavy atom. The quantitative estimate of drug-likeness (QED) is 0.683. The normalized spacial score (nSPS) is 25.1. The van der Waals surface area contributed by atoms with E-state index in [-0.39, 0.29) is 0 Å². The van der Waals surface area contributed by atoms with E-state index in [9.17, 15) is 0 Å². The minimum atomic E-state index is 0.417. The van der Waals surface area contributed by atoms with Gasteiger partial charge in [0.05, 0.1) is 0 Å². The van der Waals surface area contributed by atoms with Gasteiger partial charge in [0.25, 0.3) is 0 Å². The number of hydrogen-bond acceptors (Lipinski definition) is 1. The molecule has 20 heavy (non-hydrogen) atoms. The molecule has 2 rings (SSSR count). The van der Waals surface area contributed by atoms with Gasteiger partial charge in [-0.25, -0.2) is 0 Å². The van der Waals surface area contributed by atoms with E-state index in [1.54, 1.807) is 0 Å². The maximum atomic E-state index is 5.96. The van der Waals surface area contributed by atoms with Crippen molar-refractivity contribution in [3.8, 4) is 0 Å². The van der Waals surface area contributed by atoms with Crippen LogP contribution < -0.4 is 5.32 Å². The molecule has 0 radical (unpaired) electrons. The predicted octanol–water partition coefficient (Wildman–Crippen LogP) is 5.74. The number of halogens is 1. The van der Waals surface area contributed by atoms with Gasteiger partial charge >= 0.3 is 0 Å². The molecule has 1 aromatic carbocycles. The molecule has 2 unspecified atom stereocenters. The Morgan fingerprint density at radius 1 is 1.15 bits per heavy atom. The number of hydrogen-bond donors (Lipinski definition) is 1. The van der Waals surface area contributed by atoms with Crippen LogP contribution in [0.2, 0.25) is 5.02 Å². The zero-order chi connectivity index (χ0) is 14.4. The largest absolute Gasteiger partial charge is 0.307 e. The molecular weight excluding hydrogens is 266 g/mol. The zero-order valence-corrected chi connectivity index (χ0v) is 13.6. The van der Waals surface area contributed by atoms with Gasteiger partial charge in [-0.15, -0.1) is 0 Å². The van der Waals surface area contributed by atoms with Crippen molar-refractivity contribution in [1.29, 1.82) is 0 Å². The van der Waals surface area contributed by atoms with Gasteiger partial charge in [-0.1, -0.05) is 56.3 Å². The molecule has 2 heteroatoms. The Bertz CT molecular complexity index is 387. The van der Waals surface area contributed by atoms with Crippen molar-refractivity contribution in [2.24, 2.45) is 5.92 Å². The fourth-order valence-corrected chi connectivity index (χ4v) is 3.57. The third-order valence-electron chi connectivity index (χ3n) is 4.64. The molecule has 1 aliphatic rings. The minimum absolute atomic E-state index is 0.417. The van der Waals surface area contributed by atoms with Crippen molar-refractivity contribution < 1.29 is 0 Å². The third-order valence-corrected chi connectivity index (χ3v) is 4.89. The number of benzene rings is 1. The van der Waals surface area contributed by atoms with Crippen molar-refractivity contribution in [3.05, 3.63) is 34.9 Å². The van der Waals surface area contributed by atoms with Crippen LogP contribution in [0.25, 0.3) is 0 Å². The van der Waals surface area contributed by atoms with Crippen molar-refractivity contribution >= 4 is 11.6 Å². The molecule has 0 amide bonds. The van der Waals surface area contributed by atoms with Crippen molar-refractivity contribution in [1.82, 2.24) is 5.32 Å². The van der Waals surface area contributed by atoms with E-state index < -0.39 is 0 Å². The minimum Gasteiger partial charge on any atom is -0.307 e. The Hall–Kier alpha value is -0.530. The topological polar surface area (TPSA) is 12.0 Å². The molecular formula is C18H28ClN. The average molecular weight is 294 g/mol. The van der Waals surface area contributed by atoms with E-state index in [1.165, 1.54) is 50.5 Å². The van der Waals surface area contributed by atoms with Crippen molar-refractivity contribution in [3.63, 3.8) is 0 Å². The lowest BCUT2D eigenvalue weighted by Gasteiger charge is -2.22. The second-order valence-electron chi connectivity index (χ2n) is 6.30. The van der Waals surface area contributed by atoms with Gasteiger partial charge in [0, 0.05) is 17.1 Å². The molecule has 0 spiro atoms. The second-order valence-corrected chi connectivity index (χ2v) is 6.74. The summed E-state index contributed by atoms with van der Waals surface area (Å²) in [4.78, 5) is 0. The summed E-state index contributed by atoms with van der Waals surface area (Å²) < 4.78 is 0. The lowest BCUT2D eigenvalue weighted by atomic mass is 9.95. The van der Waals surface area contributed by atoms with Crippen molar-refractivity contribution in [2.45, 2.75) is 70.9 Å². The lowest BCUT2D eigenvalue weighted by Crippen LogP contribution is -2.31. The molecule has 0 aromatic heterocycles. The first-order valence-electron chi connectivity index (χ1n) is 8.20. The van der Waals surface area contributed by atoms with Crippen LogP contribution in [0.15, 0.2) is 24.3 Å². The van der Waals surface area contributed by atoms with Gasteiger partial charge in [0.2, 0.25) is 0 Å². The Kier molecular flexibility index (Phi) is 6.38. The Balaban J connectivity index is 1.85. The van der Waals surface area contributed by atoms with E-state index in [4.69, 9.17) is 11.6 Å². The highest BCUT2D eigenvalue weighted by Gasteiger charge is 2.19. The highest BCUT2D eigenvalue weighted by atomic mass is 35.5. The van der Waals surface area contributed by atoms with Crippen molar-refractivity contribution in [2.75, 3.05) is 0 Å². The molecule has 1 aliphatic carbocycles. The summed E-state index contributed by atoms with van der Waals surface area (Å²) in [6, 6.07) is 9.34. The van der Waals surface area contributed by atoms with Crippen LogP contribution in [0.1, 0.15) is 70.4 Å². The van der Waals surface area contributed by atoms with Crippen LogP contribution in [0.5, 0.6) is 0 Å². The van der Waals surface area contributed by atoms with Crippen LogP contribution in [-0.4, -0.2) is 6.04 Å². The van der Waals surface area contributed by atoms with Crippen LogP contribution in [-0.2, 0) is 0 Å². The SMILES string of the molecule is CCCC1CCCC(N[C@@H](C)c2ccc(Cl)cc2)CC1. The molecule has 1 N–H and O–H groups in total. The van der Waals surface area contributed by atoms with Crippen LogP contribution in [0.4, 0.5) is 0 Å². The van der Waals surface area contributed by atoms with Gasteiger partial charge in [-0.2, -0.15) is 0 Å². The molecule has 0 bridgehead atoms.